The molecule has 1 unspecified atom stereocenters. The number of aromatic amines is 1. The van der Waals surface area contributed by atoms with Gasteiger partial charge in [0.25, 0.3) is 0 Å². The van der Waals surface area contributed by atoms with Crippen molar-refractivity contribution in [3.63, 3.8) is 0 Å². The molecule has 1 aromatic carbocycles. The van der Waals surface area contributed by atoms with E-state index in [0.29, 0.717) is 24.6 Å². The molecule has 2 N–H and O–H groups in total. The summed E-state index contributed by atoms with van der Waals surface area (Å²) < 4.78 is 0. The Bertz CT molecular complexity index is 966. The number of aromatic nitrogens is 3. The van der Waals surface area contributed by atoms with E-state index in [4.69, 9.17) is 0 Å². The average Bonchev–Trinajstić information content (AvgIpc) is 3.19. The van der Waals surface area contributed by atoms with E-state index < -0.39 is 0 Å². The van der Waals surface area contributed by atoms with Gasteiger partial charge in [-0.15, -0.1) is 0 Å². The maximum Gasteiger partial charge on any atom is 0.231 e. The van der Waals surface area contributed by atoms with E-state index in [1.165, 1.54) is 0 Å². The molecule has 2 amide bonds. The van der Waals surface area contributed by atoms with Crippen molar-refractivity contribution < 1.29 is 9.59 Å². The highest BCUT2D eigenvalue weighted by Crippen LogP contribution is 2.24. The standard InChI is InChI=1S/C19H19N5O2/c1-12-7-8-15-17(20-12)22-23-18(15)21-19(26)14-9-16(25)24(11-14)10-13-5-3-2-4-6-13/h2-8,14H,9-11H2,1H3,(H2,20,21,22,23,26). The molecule has 1 atom stereocenters. The molecule has 2 aromatic heterocycles. The quantitative estimate of drug-likeness (QED) is 0.756. The van der Waals surface area contributed by atoms with Crippen molar-refractivity contribution in [2.24, 2.45) is 5.92 Å². The number of fused-ring (bicyclic) bond motifs is 1. The van der Waals surface area contributed by atoms with Crippen molar-refractivity contribution in [3.8, 4) is 0 Å². The van der Waals surface area contributed by atoms with Crippen molar-refractivity contribution in [2.45, 2.75) is 19.9 Å². The molecule has 0 bridgehead atoms. The van der Waals surface area contributed by atoms with E-state index >= 15 is 0 Å². The number of H-pyrrole nitrogens is 1. The number of nitrogens with zero attached hydrogens (tertiary/aromatic N) is 3. The van der Waals surface area contributed by atoms with Crippen LogP contribution in [0.1, 0.15) is 17.7 Å². The lowest BCUT2D eigenvalue weighted by atomic mass is 10.1. The van der Waals surface area contributed by atoms with Crippen molar-refractivity contribution in [1.29, 1.82) is 0 Å². The SMILES string of the molecule is Cc1ccc2c(NC(=O)C3CC(=O)N(Cc4ccccc4)C3)n[nH]c2n1. The molecule has 0 radical (unpaired) electrons. The summed E-state index contributed by atoms with van der Waals surface area (Å²) >= 11 is 0. The highest BCUT2D eigenvalue weighted by molar-refractivity contribution is 6.01. The fourth-order valence-corrected chi connectivity index (χ4v) is 3.22. The fraction of sp³-hybridized carbons (Fsp3) is 0.263. The Morgan fingerprint density at radius 3 is 2.88 bits per heavy atom. The molecular weight excluding hydrogens is 330 g/mol. The van der Waals surface area contributed by atoms with Crippen LogP contribution in [0.5, 0.6) is 0 Å². The minimum atomic E-state index is -0.378. The Morgan fingerprint density at radius 1 is 1.27 bits per heavy atom. The first-order chi connectivity index (χ1) is 12.6. The van der Waals surface area contributed by atoms with Crippen LogP contribution in [0.15, 0.2) is 42.5 Å². The van der Waals surface area contributed by atoms with Crippen LogP contribution in [0.4, 0.5) is 5.82 Å². The van der Waals surface area contributed by atoms with Crippen LogP contribution >= 0.6 is 0 Å². The van der Waals surface area contributed by atoms with E-state index in [0.717, 1.165) is 16.6 Å². The van der Waals surface area contributed by atoms with Crippen LogP contribution in [0, 0.1) is 12.8 Å². The monoisotopic (exact) mass is 349 g/mol. The summed E-state index contributed by atoms with van der Waals surface area (Å²) in [6, 6.07) is 13.5. The topological polar surface area (TPSA) is 91.0 Å². The molecule has 26 heavy (non-hydrogen) atoms. The molecule has 3 heterocycles. The van der Waals surface area contributed by atoms with Gasteiger partial charge in [0.15, 0.2) is 11.5 Å². The molecule has 7 nitrogen and oxygen atoms in total. The molecule has 7 heteroatoms. The van der Waals surface area contributed by atoms with Gasteiger partial charge in [0.05, 0.1) is 11.3 Å². The van der Waals surface area contributed by atoms with Crippen molar-refractivity contribution in [3.05, 3.63) is 53.7 Å². The zero-order chi connectivity index (χ0) is 18.1. The zero-order valence-corrected chi connectivity index (χ0v) is 14.4. The van der Waals surface area contributed by atoms with Gasteiger partial charge in [0.1, 0.15) is 0 Å². The molecule has 1 aliphatic heterocycles. The number of carbonyl (C=O) groups is 2. The number of carbonyl (C=O) groups excluding carboxylic acids is 2. The second-order valence-corrected chi connectivity index (χ2v) is 6.57. The zero-order valence-electron chi connectivity index (χ0n) is 14.4. The fourth-order valence-electron chi connectivity index (χ4n) is 3.22. The number of likely N-dealkylation sites (tertiary alicyclic amines) is 1. The lowest BCUT2D eigenvalue weighted by molar-refractivity contribution is -0.128. The highest BCUT2D eigenvalue weighted by Gasteiger charge is 2.34. The molecule has 1 fully saturated rings. The third-order valence-electron chi connectivity index (χ3n) is 4.61. The Morgan fingerprint density at radius 2 is 2.08 bits per heavy atom. The van der Waals surface area contributed by atoms with Gasteiger partial charge in [-0.1, -0.05) is 30.3 Å². The Hall–Kier alpha value is -3.22. The number of hydrogen-bond acceptors (Lipinski definition) is 4. The summed E-state index contributed by atoms with van der Waals surface area (Å²) in [5.74, 6) is -0.121. The summed E-state index contributed by atoms with van der Waals surface area (Å²) in [6.45, 7) is 2.83. The maximum absolute atomic E-state index is 12.6. The van der Waals surface area contributed by atoms with Crippen LogP contribution in [-0.2, 0) is 16.1 Å². The Kier molecular flexibility index (Phi) is 4.12. The van der Waals surface area contributed by atoms with E-state index in [9.17, 15) is 9.59 Å². The number of hydrogen-bond donors (Lipinski definition) is 2. The number of anilines is 1. The minimum absolute atomic E-state index is 0.00168. The van der Waals surface area contributed by atoms with Crippen LogP contribution < -0.4 is 5.32 Å². The van der Waals surface area contributed by atoms with Gasteiger partial charge in [-0.2, -0.15) is 5.10 Å². The largest absolute Gasteiger partial charge is 0.338 e. The predicted octanol–water partition coefficient (Wildman–Crippen LogP) is 2.25. The molecule has 132 valence electrons. The van der Waals surface area contributed by atoms with Crippen LogP contribution in [0.2, 0.25) is 0 Å². The predicted molar refractivity (Wildman–Crippen MR) is 97.2 cm³/mol. The normalized spacial score (nSPS) is 17.0. The average molecular weight is 349 g/mol. The lowest BCUT2D eigenvalue weighted by Gasteiger charge is -2.16. The summed E-state index contributed by atoms with van der Waals surface area (Å²) in [7, 11) is 0. The first kappa shape index (κ1) is 16.3. The van der Waals surface area contributed by atoms with Crippen molar-refractivity contribution in [2.75, 3.05) is 11.9 Å². The number of benzene rings is 1. The van der Waals surface area contributed by atoms with Gasteiger partial charge >= 0.3 is 0 Å². The van der Waals surface area contributed by atoms with Crippen molar-refractivity contribution in [1.82, 2.24) is 20.1 Å². The molecular formula is C19H19N5O2. The lowest BCUT2D eigenvalue weighted by Crippen LogP contribution is -2.28. The van der Waals surface area contributed by atoms with E-state index in [1.807, 2.05) is 49.4 Å². The van der Waals surface area contributed by atoms with Crippen LogP contribution in [0.3, 0.4) is 0 Å². The first-order valence-electron chi connectivity index (χ1n) is 8.54. The van der Waals surface area contributed by atoms with E-state index in [1.54, 1.807) is 4.90 Å². The third kappa shape index (κ3) is 3.15. The molecule has 0 saturated carbocycles. The van der Waals surface area contributed by atoms with Gasteiger partial charge in [-0.3, -0.25) is 14.7 Å². The van der Waals surface area contributed by atoms with Crippen LogP contribution in [-0.4, -0.2) is 38.4 Å². The molecule has 4 rings (SSSR count). The van der Waals surface area contributed by atoms with Gasteiger partial charge in [0.2, 0.25) is 11.8 Å². The smallest absolute Gasteiger partial charge is 0.231 e. The third-order valence-corrected chi connectivity index (χ3v) is 4.61. The minimum Gasteiger partial charge on any atom is -0.338 e. The van der Waals surface area contributed by atoms with Gasteiger partial charge < -0.3 is 10.2 Å². The summed E-state index contributed by atoms with van der Waals surface area (Å²) in [6.07, 6.45) is 0.221. The van der Waals surface area contributed by atoms with Gasteiger partial charge in [-0.05, 0) is 24.6 Å². The number of rotatable bonds is 4. The number of aryl methyl sites for hydroxylation is 1. The van der Waals surface area contributed by atoms with E-state index in [2.05, 4.69) is 20.5 Å². The number of pyridine rings is 1. The summed E-state index contributed by atoms with van der Waals surface area (Å²) in [5, 5.41) is 10.5. The number of amides is 2. The van der Waals surface area contributed by atoms with E-state index in [-0.39, 0.29) is 24.2 Å². The molecule has 1 saturated heterocycles. The first-order valence-corrected chi connectivity index (χ1v) is 8.54. The highest BCUT2D eigenvalue weighted by atomic mass is 16.2. The summed E-state index contributed by atoms with van der Waals surface area (Å²) in [5.41, 5.74) is 2.56. The van der Waals surface area contributed by atoms with Gasteiger partial charge in [0, 0.05) is 25.2 Å². The van der Waals surface area contributed by atoms with Gasteiger partial charge in [-0.25, -0.2) is 4.98 Å². The molecule has 3 aromatic rings. The van der Waals surface area contributed by atoms with Crippen LogP contribution in [0.25, 0.3) is 11.0 Å². The Balaban J connectivity index is 1.44. The number of nitrogens with one attached hydrogen (secondary N) is 2. The molecule has 0 aliphatic carbocycles. The van der Waals surface area contributed by atoms with Crippen molar-refractivity contribution >= 4 is 28.7 Å². The Labute approximate surface area is 150 Å². The second kappa shape index (κ2) is 6.59. The molecule has 1 aliphatic rings. The second-order valence-electron chi connectivity index (χ2n) is 6.57. The maximum atomic E-state index is 12.6. The molecule has 0 spiro atoms. The summed E-state index contributed by atoms with van der Waals surface area (Å²) in [4.78, 5) is 30.9.